The lowest BCUT2D eigenvalue weighted by Crippen LogP contribution is -2.13. The summed E-state index contributed by atoms with van der Waals surface area (Å²) in [6, 6.07) is 3.83. The van der Waals surface area contributed by atoms with E-state index in [4.69, 9.17) is 5.73 Å². The fourth-order valence-corrected chi connectivity index (χ4v) is 2.25. The standard InChI is InChI=1S/C8H8N4OS2/c9-7-11-12-8(15-7)10-6(13)4-5-2-1-3-14-5/h1-3H,4H2,(H2,9,11)(H,10,12,13). The number of nitrogens with two attached hydrogens (primary N) is 1. The van der Waals surface area contributed by atoms with E-state index in [2.05, 4.69) is 15.5 Å². The predicted molar refractivity (Wildman–Crippen MR) is 61.0 cm³/mol. The Morgan fingerprint density at radius 3 is 3.00 bits per heavy atom. The second kappa shape index (κ2) is 4.37. The van der Waals surface area contributed by atoms with Crippen molar-refractivity contribution in [3.63, 3.8) is 0 Å². The number of hydrogen-bond donors (Lipinski definition) is 2. The maximum Gasteiger partial charge on any atom is 0.231 e. The molecule has 2 aromatic heterocycles. The zero-order valence-corrected chi connectivity index (χ0v) is 9.27. The molecule has 0 fully saturated rings. The quantitative estimate of drug-likeness (QED) is 0.848. The van der Waals surface area contributed by atoms with Crippen LogP contribution in [0, 0.1) is 0 Å². The van der Waals surface area contributed by atoms with Crippen LogP contribution in [0.5, 0.6) is 0 Å². The molecule has 0 unspecified atom stereocenters. The Bertz CT molecular complexity index is 451. The highest BCUT2D eigenvalue weighted by Crippen LogP contribution is 2.17. The van der Waals surface area contributed by atoms with Gasteiger partial charge in [0.05, 0.1) is 6.42 Å². The Hall–Kier alpha value is -1.47. The molecule has 7 heteroatoms. The number of thiophene rings is 1. The van der Waals surface area contributed by atoms with E-state index >= 15 is 0 Å². The predicted octanol–water partition coefficient (Wildman–Crippen LogP) is 1.36. The van der Waals surface area contributed by atoms with Crippen molar-refractivity contribution in [3.8, 4) is 0 Å². The van der Waals surface area contributed by atoms with Crippen molar-refractivity contribution in [2.24, 2.45) is 0 Å². The maximum absolute atomic E-state index is 11.5. The number of nitrogens with one attached hydrogen (secondary N) is 1. The van der Waals surface area contributed by atoms with Crippen LogP contribution in [0.2, 0.25) is 0 Å². The highest BCUT2D eigenvalue weighted by molar-refractivity contribution is 7.19. The molecule has 0 aliphatic heterocycles. The summed E-state index contributed by atoms with van der Waals surface area (Å²) >= 11 is 2.70. The first-order chi connectivity index (χ1) is 7.24. The third kappa shape index (κ3) is 2.74. The number of carbonyl (C=O) groups excluding carboxylic acids is 1. The molecule has 1 amide bonds. The van der Waals surface area contributed by atoms with Crippen LogP contribution in [0.4, 0.5) is 10.3 Å². The Kier molecular flexibility index (Phi) is 2.93. The average molecular weight is 240 g/mol. The lowest BCUT2D eigenvalue weighted by molar-refractivity contribution is -0.115. The molecular formula is C8H8N4OS2. The summed E-state index contributed by atoms with van der Waals surface area (Å²) in [5.41, 5.74) is 5.39. The van der Waals surface area contributed by atoms with Gasteiger partial charge in [-0.25, -0.2) is 0 Å². The number of rotatable bonds is 3. The van der Waals surface area contributed by atoms with Gasteiger partial charge in [0.25, 0.3) is 0 Å². The minimum atomic E-state index is -0.103. The summed E-state index contributed by atoms with van der Waals surface area (Å²) in [7, 11) is 0. The molecule has 2 aromatic rings. The zero-order valence-electron chi connectivity index (χ0n) is 7.64. The smallest absolute Gasteiger partial charge is 0.231 e. The van der Waals surface area contributed by atoms with Crippen LogP contribution < -0.4 is 11.1 Å². The Morgan fingerprint density at radius 1 is 1.53 bits per heavy atom. The van der Waals surface area contributed by atoms with E-state index in [0.717, 1.165) is 16.2 Å². The molecule has 0 saturated carbocycles. The van der Waals surface area contributed by atoms with E-state index < -0.39 is 0 Å². The molecule has 0 spiro atoms. The molecule has 0 aliphatic carbocycles. The number of carbonyl (C=O) groups is 1. The first kappa shape index (κ1) is 10.1. The van der Waals surface area contributed by atoms with Crippen LogP contribution in [0.15, 0.2) is 17.5 Å². The lowest BCUT2D eigenvalue weighted by Gasteiger charge is -1.97. The summed E-state index contributed by atoms with van der Waals surface area (Å²) in [5, 5.41) is 12.7. The Labute approximate surface area is 94.0 Å². The van der Waals surface area contributed by atoms with Crippen LogP contribution in [-0.2, 0) is 11.2 Å². The summed E-state index contributed by atoms with van der Waals surface area (Å²) in [6.07, 6.45) is 0.358. The molecule has 3 N–H and O–H groups in total. The SMILES string of the molecule is Nc1nnc(NC(=O)Cc2cccs2)s1. The summed E-state index contributed by atoms with van der Waals surface area (Å²) in [4.78, 5) is 12.5. The van der Waals surface area contributed by atoms with E-state index in [-0.39, 0.29) is 5.91 Å². The van der Waals surface area contributed by atoms with Crippen LogP contribution >= 0.6 is 22.7 Å². The van der Waals surface area contributed by atoms with Crippen LogP contribution in [0.1, 0.15) is 4.88 Å². The normalized spacial score (nSPS) is 10.1. The maximum atomic E-state index is 11.5. The van der Waals surface area contributed by atoms with Gasteiger partial charge < -0.3 is 11.1 Å². The first-order valence-corrected chi connectivity index (χ1v) is 5.85. The summed E-state index contributed by atoms with van der Waals surface area (Å²) in [6.45, 7) is 0. The zero-order chi connectivity index (χ0) is 10.7. The van der Waals surface area contributed by atoms with Gasteiger partial charge in [-0.1, -0.05) is 17.4 Å². The molecule has 0 aromatic carbocycles. The number of nitrogen functional groups attached to an aromatic ring is 1. The average Bonchev–Trinajstić information content (AvgIpc) is 2.77. The number of hydrogen-bond acceptors (Lipinski definition) is 6. The van der Waals surface area contributed by atoms with Gasteiger partial charge in [-0.05, 0) is 11.4 Å². The topological polar surface area (TPSA) is 80.9 Å². The van der Waals surface area contributed by atoms with Crippen LogP contribution in [-0.4, -0.2) is 16.1 Å². The second-order valence-corrected chi connectivity index (χ2v) is 4.79. The number of aromatic nitrogens is 2. The van der Waals surface area contributed by atoms with Crippen molar-refractivity contribution in [3.05, 3.63) is 22.4 Å². The van der Waals surface area contributed by atoms with E-state index in [1.165, 1.54) is 0 Å². The molecule has 2 heterocycles. The molecule has 0 bridgehead atoms. The van der Waals surface area contributed by atoms with Gasteiger partial charge >= 0.3 is 0 Å². The molecule has 5 nitrogen and oxygen atoms in total. The monoisotopic (exact) mass is 240 g/mol. The van der Waals surface area contributed by atoms with E-state index in [0.29, 0.717) is 16.7 Å². The summed E-state index contributed by atoms with van der Waals surface area (Å²) in [5.74, 6) is -0.103. The van der Waals surface area contributed by atoms with Gasteiger partial charge in [0, 0.05) is 4.88 Å². The number of anilines is 2. The fraction of sp³-hybridized carbons (Fsp3) is 0.125. The van der Waals surface area contributed by atoms with E-state index in [1.54, 1.807) is 11.3 Å². The molecule has 0 aliphatic rings. The second-order valence-electron chi connectivity index (χ2n) is 2.75. The minimum absolute atomic E-state index is 0.103. The fourth-order valence-electron chi connectivity index (χ4n) is 1.02. The highest BCUT2D eigenvalue weighted by atomic mass is 32.1. The molecule has 0 radical (unpaired) electrons. The summed E-state index contributed by atoms with van der Waals surface area (Å²) < 4.78 is 0. The van der Waals surface area contributed by atoms with Gasteiger partial charge in [0.2, 0.25) is 16.2 Å². The molecule has 15 heavy (non-hydrogen) atoms. The van der Waals surface area contributed by atoms with Crippen molar-refractivity contribution < 1.29 is 4.79 Å². The van der Waals surface area contributed by atoms with E-state index in [1.807, 2.05) is 17.5 Å². The van der Waals surface area contributed by atoms with Crippen molar-refractivity contribution in [2.45, 2.75) is 6.42 Å². The first-order valence-electron chi connectivity index (χ1n) is 4.15. The third-order valence-corrected chi connectivity index (χ3v) is 3.15. The van der Waals surface area contributed by atoms with Crippen LogP contribution in [0.3, 0.4) is 0 Å². The highest BCUT2D eigenvalue weighted by Gasteiger charge is 2.07. The third-order valence-electron chi connectivity index (χ3n) is 1.60. The number of amides is 1. The molecule has 0 saturated heterocycles. The van der Waals surface area contributed by atoms with Crippen molar-refractivity contribution in [1.82, 2.24) is 10.2 Å². The van der Waals surface area contributed by atoms with Gasteiger partial charge in [0.1, 0.15) is 0 Å². The Balaban J connectivity index is 1.93. The molecule has 78 valence electrons. The van der Waals surface area contributed by atoms with Crippen molar-refractivity contribution in [1.29, 1.82) is 0 Å². The Morgan fingerprint density at radius 2 is 2.40 bits per heavy atom. The van der Waals surface area contributed by atoms with Gasteiger partial charge in [-0.3, -0.25) is 4.79 Å². The van der Waals surface area contributed by atoms with Crippen molar-refractivity contribution in [2.75, 3.05) is 11.1 Å². The van der Waals surface area contributed by atoms with Crippen LogP contribution in [0.25, 0.3) is 0 Å². The van der Waals surface area contributed by atoms with Crippen molar-refractivity contribution >= 4 is 38.8 Å². The van der Waals surface area contributed by atoms with Gasteiger partial charge in [-0.15, -0.1) is 21.5 Å². The largest absolute Gasteiger partial charge is 0.374 e. The molecule has 0 atom stereocenters. The lowest BCUT2D eigenvalue weighted by atomic mass is 10.3. The molecule has 2 rings (SSSR count). The molecular weight excluding hydrogens is 232 g/mol. The van der Waals surface area contributed by atoms with Gasteiger partial charge in [-0.2, -0.15) is 0 Å². The van der Waals surface area contributed by atoms with Gasteiger partial charge in [0.15, 0.2) is 0 Å². The minimum Gasteiger partial charge on any atom is -0.374 e. The van der Waals surface area contributed by atoms with E-state index in [9.17, 15) is 4.79 Å². The number of nitrogens with zero attached hydrogens (tertiary/aromatic N) is 2.